The van der Waals surface area contributed by atoms with Gasteiger partial charge in [0.1, 0.15) is 29.1 Å². The summed E-state index contributed by atoms with van der Waals surface area (Å²) in [4.78, 5) is 23.0. The second-order valence-corrected chi connectivity index (χ2v) is 9.52. The Morgan fingerprint density at radius 2 is 1.90 bits per heavy atom. The van der Waals surface area contributed by atoms with Gasteiger partial charge in [-0.1, -0.05) is 23.7 Å². The van der Waals surface area contributed by atoms with Crippen LogP contribution >= 0.6 is 11.6 Å². The molecule has 0 fully saturated rings. The summed E-state index contributed by atoms with van der Waals surface area (Å²) in [5.41, 5.74) is 2.91. The highest BCUT2D eigenvalue weighted by atomic mass is 35.5. The molecule has 0 bridgehead atoms. The van der Waals surface area contributed by atoms with Crippen LogP contribution in [0.25, 0.3) is 11.0 Å². The van der Waals surface area contributed by atoms with Gasteiger partial charge >= 0.3 is 6.36 Å². The Kier molecular flexibility index (Phi) is 9.35. The van der Waals surface area contributed by atoms with Crippen molar-refractivity contribution < 1.29 is 27.4 Å². The topological polar surface area (TPSA) is 93.5 Å². The van der Waals surface area contributed by atoms with Crippen molar-refractivity contribution in [2.75, 3.05) is 26.0 Å². The van der Waals surface area contributed by atoms with Gasteiger partial charge in [0.25, 0.3) is 0 Å². The molecular formula is C28H28ClF3N6O3. The Balaban J connectivity index is 1.50. The van der Waals surface area contributed by atoms with E-state index in [1.165, 1.54) is 30.6 Å². The van der Waals surface area contributed by atoms with Crippen LogP contribution in [0.3, 0.4) is 0 Å². The maximum atomic E-state index is 12.5. The van der Waals surface area contributed by atoms with Crippen LogP contribution in [0.1, 0.15) is 12.6 Å². The second-order valence-electron chi connectivity index (χ2n) is 9.11. The smallest absolute Gasteiger partial charge is 0.456 e. The van der Waals surface area contributed by atoms with Crippen molar-refractivity contribution >= 4 is 40.0 Å². The molecule has 1 amide bonds. The highest BCUT2D eigenvalue weighted by molar-refractivity contribution is 6.32. The van der Waals surface area contributed by atoms with Crippen LogP contribution in [-0.4, -0.2) is 52.3 Å². The molecule has 2 heterocycles. The molecule has 2 aromatic heterocycles. The molecular weight excluding hydrogens is 561 g/mol. The molecule has 0 aliphatic carbocycles. The first-order valence-corrected chi connectivity index (χ1v) is 12.9. The molecule has 0 unspecified atom stereocenters. The van der Waals surface area contributed by atoms with E-state index in [2.05, 4.69) is 25.3 Å². The third-order valence-corrected chi connectivity index (χ3v) is 6.03. The Bertz CT molecular complexity index is 1560. The number of likely N-dealkylation sites (N-methyl/N-ethyl adjacent to an activating group) is 1. The average Bonchev–Trinajstić information content (AvgIpc) is 3.26. The molecule has 0 radical (unpaired) electrons. The number of benzene rings is 2. The third kappa shape index (κ3) is 8.12. The van der Waals surface area contributed by atoms with Crippen molar-refractivity contribution in [2.24, 2.45) is 0 Å². The molecule has 0 atom stereocenters. The molecule has 2 aromatic carbocycles. The summed E-state index contributed by atoms with van der Waals surface area (Å²) < 4.78 is 49.3. The number of rotatable bonds is 11. The summed E-state index contributed by atoms with van der Waals surface area (Å²) in [6, 6.07) is 12.0. The molecule has 4 rings (SSSR count). The Hall–Kier alpha value is -4.29. The molecule has 9 nitrogen and oxygen atoms in total. The molecule has 41 heavy (non-hydrogen) atoms. The van der Waals surface area contributed by atoms with Crippen molar-refractivity contribution in [1.82, 2.24) is 24.8 Å². The maximum absolute atomic E-state index is 12.5. The monoisotopic (exact) mass is 588 g/mol. The van der Waals surface area contributed by atoms with E-state index in [9.17, 15) is 18.0 Å². The van der Waals surface area contributed by atoms with Gasteiger partial charge in [-0.2, -0.15) is 0 Å². The lowest BCUT2D eigenvalue weighted by Crippen LogP contribution is -2.22. The van der Waals surface area contributed by atoms with Crippen LogP contribution in [0.4, 0.5) is 24.7 Å². The van der Waals surface area contributed by atoms with E-state index in [1.54, 1.807) is 24.3 Å². The largest absolute Gasteiger partial charge is 0.573 e. The molecule has 216 valence electrons. The van der Waals surface area contributed by atoms with E-state index in [0.717, 1.165) is 17.3 Å². The first-order chi connectivity index (χ1) is 19.5. The van der Waals surface area contributed by atoms with Crippen LogP contribution in [-0.2, 0) is 17.9 Å². The highest BCUT2D eigenvalue weighted by Crippen LogP contribution is 2.35. The lowest BCUT2D eigenvalue weighted by molar-refractivity contribution is -0.274. The van der Waals surface area contributed by atoms with E-state index in [-0.39, 0.29) is 22.4 Å². The predicted molar refractivity (Wildman–Crippen MR) is 151 cm³/mol. The number of carbonyl (C=O) groups is 1. The first-order valence-electron chi connectivity index (χ1n) is 12.5. The van der Waals surface area contributed by atoms with Gasteiger partial charge in [0, 0.05) is 36.6 Å². The van der Waals surface area contributed by atoms with Gasteiger partial charge in [0.15, 0.2) is 5.82 Å². The number of halogens is 4. The van der Waals surface area contributed by atoms with E-state index >= 15 is 0 Å². The molecule has 0 aliphatic rings. The summed E-state index contributed by atoms with van der Waals surface area (Å²) in [7, 11) is 3.84. The zero-order valence-corrected chi connectivity index (χ0v) is 23.3. The van der Waals surface area contributed by atoms with Crippen molar-refractivity contribution in [3.05, 3.63) is 77.7 Å². The minimum atomic E-state index is -4.81. The maximum Gasteiger partial charge on any atom is 0.573 e. The summed E-state index contributed by atoms with van der Waals surface area (Å²) >= 11 is 6.43. The number of ether oxygens (including phenoxy) is 2. The number of anilines is 2. The Morgan fingerprint density at radius 3 is 2.61 bits per heavy atom. The molecule has 0 aliphatic heterocycles. The molecule has 0 saturated carbocycles. The first kappa shape index (κ1) is 29.7. The SMILES string of the molecule is CCn1c(CNC(=O)C=CCN(C)C)cc2ncnc(Nc3ccc(Oc4cccc(OC(F)(F)F)c4)c(Cl)c3)c21. The number of hydrogen-bond donors (Lipinski definition) is 2. The lowest BCUT2D eigenvalue weighted by atomic mass is 10.2. The highest BCUT2D eigenvalue weighted by Gasteiger charge is 2.31. The van der Waals surface area contributed by atoms with Gasteiger partial charge in [0.2, 0.25) is 5.91 Å². The number of alkyl halides is 3. The van der Waals surface area contributed by atoms with Crippen LogP contribution in [0.2, 0.25) is 5.02 Å². The number of hydrogen-bond acceptors (Lipinski definition) is 7. The zero-order chi connectivity index (χ0) is 29.6. The zero-order valence-electron chi connectivity index (χ0n) is 22.5. The van der Waals surface area contributed by atoms with Crippen LogP contribution in [0.5, 0.6) is 17.2 Å². The normalized spacial score (nSPS) is 11.8. The van der Waals surface area contributed by atoms with E-state index in [1.807, 2.05) is 36.6 Å². The van der Waals surface area contributed by atoms with E-state index in [4.69, 9.17) is 16.3 Å². The summed E-state index contributed by atoms with van der Waals surface area (Å²) in [5, 5.41) is 6.36. The summed E-state index contributed by atoms with van der Waals surface area (Å²) in [6.45, 7) is 3.56. The number of aromatic nitrogens is 3. The number of aryl methyl sites for hydroxylation is 1. The fourth-order valence-electron chi connectivity index (χ4n) is 4.01. The van der Waals surface area contributed by atoms with Crippen LogP contribution in [0, 0.1) is 0 Å². The quantitative estimate of drug-likeness (QED) is 0.199. The average molecular weight is 589 g/mol. The number of amides is 1. The number of nitrogens with one attached hydrogen (secondary N) is 2. The standard InChI is InChI=1S/C28H28ClF3N6O3/c1-4-38-19(16-33-25(39)9-6-12-37(2)3)14-23-26(38)27(35-17-34-23)36-18-10-11-24(22(29)13-18)40-20-7-5-8-21(15-20)41-28(30,31)32/h5-11,13-15,17H,4,12,16H2,1-3H3,(H,33,39)(H,34,35,36). The van der Waals surface area contributed by atoms with E-state index < -0.39 is 12.1 Å². The third-order valence-electron chi connectivity index (χ3n) is 5.73. The summed E-state index contributed by atoms with van der Waals surface area (Å²) in [5.74, 6) is 0.294. The minimum absolute atomic E-state index is 0.125. The molecule has 2 N–H and O–H groups in total. The predicted octanol–water partition coefficient (Wildman–Crippen LogP) is 6.27. The molecule has 4 aromatic rings. The van der Waals surface area contributed by atoms with Gasteiger partial charge in [-0.25, -0.2) is 9.97 Å². The van der Waals surface area contributed by atoms with Gasteiger partial charge in [-0.3, -0.25) is 4.79 Å². The molecule has 0 saturated heterocycles. The van der Waals surface area contributed by atoms with Gasteiger partial charge in [-0.05, 0) is 57.4 Å². The van der Waals surface area contributed by atoms with E-state index in [0.29, 0.717) is 36.7 Å². The molecule has 13 heteroatoms. The van der Waals surface area contributed by atoms with Crippen molar-refractivity contribution in [2.45, 2.75) is 26.4 Å². The van der Waals surface area contributed by atoms with Crippen LogP contribution in [0.15, 0.2) is 67.0 Å². The fourth-order valence-corrected chi connectivity index (χ4v) is 4.23. The van der Waals surface area contributed by atoms with Gasteiger partial charge in [-0.15, -0.1) is 13.2 Å². The molecule has 0 spiro atoms. The second kappa shape index (κ2) is 12.9. The lowest BCUT2D eigenvalue weighted by Gasteiger charge is -2.14. The van der Waals surface area contributed by atoms with Crippen molar-refractivity contribution in [3.63, 3.8) is 0 Å². The van der Waals surface area contributed by atoms with Gasteiger partial charge < -0.3 is 29.6 Å². The van der Waals surface area contributed by atoms with Crippen molar-refractivity contribution in [1.29, 1.82) is 0 Å². The summed E-state index contributed by atoms with van der Waals surface area (Å²) in [6.07, 6.45) is -0.0769. The number of nitrogens with zero attached hydrogens (tertiary/aromatic N) is 4. The Morgan fingerprint density at radius 1 is 1.12 bits per heavy atom. The minimum Gasteiger partial charge on any atom is -0.456 e. The van der Waals surface area contributed by atoms with Crippen LogP contribution < -0.4 is 20.1 Å². The fraction of sp³-hybridized carbons (Fsp3) is 0.250. The number of fused-ring (bicyclic) bond motifs is 1. The Labute approximate surface area is 239 Å². The number of carbonyl (C=O) groups excluding carboxylic acids is 1. The van der Waals surface area contributed by atoms with Crippen molar-refractivity contribution in [3.8, 4) is 17.2 Å². The van der Waals surface area contributed by atoms with Gasteiger partial charge in [0.05, 0.1) is 17.1 Å².